The zero-order valence-corrected chi connectivity index (χ0v) is 14.8. The molecule has 0 saturated heterocycles. The molecule has 1 aliphatic carbocycles. The summed E-state index contributed by atoms with van der Waals surface area (Å²) in [6.07, 6.45) is 2.43. The summed E-state index contributed by atoms with van der Waals surface area (Å²) in [5.74, 6) is 0.783. The van der Waals surface area contributed by atoms with Gasteiger partial charge in [-0.15, -0.1) is 24.0 Å². The molecule has 0 atom stereocenters. The van der Waals surface area contributed by atoms with Crippen LogP contribution in [0.15, 0.2) is 29.3 Å². The van der Waals surface area contributed by atoms with Gasteiger partial charge >= 0.3 is 0 Å². The van der Waals surface area contributed by atoms with Crippen molar-refractivity contribution in [1.29, 1.82) is 0 Å². The van der Waals surface area contributed by atoms with Gasteiger partial charge in [0.2, 0.25) is 0 Å². The van der Waals surface area contributed by atoms with Crippen molar-refractivity contribution in [2.45, 2.75) is 32.4 Å². The molecule has 1 aromatic carbocycles. The lowest BCUT2D eigenvalue weighted by atomic mass is 10.1. The van der Waals surface area contributed by atoms with Crippen molar-refractivity contribution in [1.82, 2.24) is 16.0 Å². The van der Waals surface area contributed by atoms with Crippen molar-refractivity contribution in [2.24, 2.45) is 4.99 Å². The summed E-state index contributed by atoms with van der Waals surface area (Å²) in [6, 6.07) is 8.20. The molecule has 1 aromatic rings. The van der Waals surface area contributed by atoms with Crippen molar-refractivity contribution in [3.8, 4) is 0 Å². The second-order valence-electron chi connectivity index (χ2n) is 4.90. The number of carbonyl (C=O) groups excluding carboxylic acids is 1. The smallest absolute Gasteiger partial charge is 0.251 e. The van der Waals surface area contributed by atoms with E-state index in [1.54, 1.807) is 7.05 Å². The van der Waals surface area contributed by atoms with Crippen LogP contribution in [0, 0.1) is 0 Å². The summed E-state index contributed by atoms with van der Waals surface area (Å²) < 4.78 is 0. The maximum atomic E-state index is 11.8. The average molecular weight is 402 g/mol. The molecule has 0 heterocycles. The van der Waals surface area contributed by atoms with E-state index in [9.17, 15) is 4.79 Å². The summed E-state index contributed by atoms with van der Waals surface area (Å²) in [6.45, 7) is 3.20. The highest BCUT2D eigenvalue weighted by Crippen LogP contribution is 2.18. The molecule has 5 nitrogen and oxygen atoms in total. The summed E-state index contributed by atoms with van der Waals surface area (Å²) >= 11 is 0. The fourth-order valence-corrected chi connectivity index (χ4v) is 1.89. The Morgan fingerprint density at radius 3 is 2.71 bits per heavy atom. The number of nitrogens with zero attached hydrogens (tertiary/aromatic N) is 1. The fraction of sp³-hybridized carbons (Fsp3) is 0.467. The van der Waals surface area contributed by atoms with Crippen molar-refractivity contribution in [3.05, 3.63) is 35.4 Å². The van der Waals surface area contributed by atoms with Crippen LogP contribution in [0.3, 0.4) is 0 Å². The number of halogens is 1. The number of aliphatic imine (C=N–C) groups is 1. The molecule has 0 radical (unpaired) electrons. The van der Waals surface area contributed by atoms with Gasteiger partial charge in [0.25, 0.3) is 5.91 Å². The molecule has 1 fully saturated rings. The molecular formula is C15H23IN4O. The molecule has 3 N–H and O–H groups in total. The summed E-state index contributed by atoms with van der Waals surface area (Å²) in [5, 5.41) is 9.39. The molecule has 6 heteroatoms. The lowest BCUT2D eigenvalue weighted by Gasteiger charge is -2.11. The number of carbonyl (C=O) groups is 1. The lowest BCUT2D eigenvalue weighted by molar-refractivity contribution is 0.0955. The Morgan fingerprint density at radius 2 is 2.10 bits per heavy atom. The van der Waals surface area contributed by atoms with Crippen LogP contribution in [-0.4, -0.2) is 31.5 Å². The predicted molar refractivity (Wildman–Crippen MR) is 96.2 cm³/mol. The summed E-state index contributed by atoms with van der Waals surface area (Å²) in [7, 11) is 1.77. The van der Waals surface area contributed by atoms with Gasteiger partial charge in [0, 0.05) is 31.7 Å². The van der Waals surface area contributed by atoms with Crippen molar-refractivity contribution >= 4 is 35.8 Å². The van der Waals surface area contributed by atoms with E-state index in [2.05, 4.69) is 20.9 Å². The van der Waals surface area contributed by atoms with Gasteiger partial charge in [0.05, 0.1) is 0 Å². The number of nitrogens with one attached hydrogen (secondary N) is 3. The molecule has 0 bridgehead atoms. The van der Waals surface area contributed by atoms with Gasteiger partial charge in [-0.2, -0.15) is 0 Å². The number of guanidine groups is 1. The lowest BCUT2D eigenvalue weighted by Crippen LogP contribution is -2.38. The van der Waals surface area contributed by atoms with E-state index in [1.807, 2.05) is 31.2 Å². The molecule has 1 aliphatic rings. The van der Waals surface area contributed by atoms with Crippen molar-refractivity contribution in [3.63, 3.8) is 0 Å². The Labute approximate surface area is 143 Å². The van der Waals surface area contributed by atoms with Crippen LogP contribution in [0.1, 0.15) is 35.7 Å². The third kappa shape index (κ3) is 5.91. The molecule has 0 aliphatic heterocycles. The van der Waals surface area contributed by atoms with Crippen LogP contribution in [-0.2, 0) is 6.54 Å². The van der Waals surface area contributed by atoms with Gasteiger partial charge in [-0.3, -0.25) is 9.79 Å². The molecule has 116 valence electrons. The Morgan fingerprint density at radius 1 is 1.33 bits per heavy atom. The third-order valence-electron chi connectivity index (χ3n) is 3.13. The quantitative estimate of drug-likeness (QED) is 0.401. The highest BCUT2D eigenvalue weighted by atomic mass is 127. The second kappa shape index (κ2) is 8.86. The monoisotopic (exact) mass is 402 g/mol. The fourth-order valence-electron chi connectivity index (χ4n) is 1.89. The van der Waals surface area contributed by atoms with Crippen molar-refractivity contribution < 1.29 is 4.79 Å². The zero-order chi connectivity index (χ0) is 14.4. The van der Waals surface area contributed by atoms with E-state index in [0.717, 1.165) is 11.5 Å². The van der Waals surface area contributed by atoms with Crippen LogP contribution in [0.25, 0.3) is 0 Å². The van der Waals surface area contributed by atoms with Crippen LogP contribution >= 0.6 is 24.0 Å². The highest BCUT2D eigenvalue weighted by Gasteiger charge is 2.21. The van der Waals surface area contributed by atoms with E-state index in [0.29, 0.717) is 24.7 Å². The first kappa shape index (κ1) is 17.7. The first-order chi connectivity index (χ1) is 9.72. The van der Waals surface area contributed by atoms with Gasteiger partial charge in [-0.25, -0.2) is 0 Å². The summed E-state index contributed by atoms with van der Waals surface area (Å²) in [5.41, 5.74) is 1.75. The van der Waals surface area contributed by atoms with Gasteiger partial charge in [0.15, 0.2) is 5.96 Å². The van der Waals surface area contributed by atoms with Crippen LogP contribution in [0.4, 0.5) is 0 Å². The van der Waals surface area contributed by atoms with Crippen LogP contribution in [0.5, 0.6) is 0 Å². The molecule has 1 saturated carbocycles. The number of hydrogen-bond acceptors (Lipinski definition) is 2. The maximum absolute atomic E-state index is 11.8. The molecule has 2 rings (SSSR count). The number of benzene rings is 1. The maximum Gasteiger partial charge on any atom is 0.251 e. The van der Waals surface area contributed by atoms with Crippen LogP contribution in [0.2, 0.25) is 0 Å². The Kier molecular flexibility index (Phi) is 7.49. The normalized spacial score (nSPS) is 14.1. The van der Waals surface area contributed by atoms with E-state index in [4.69, 9.17) is 0 Å². The number of rotatable bonds is 5. The molecule has 0 spiro atoms. The predicted octanol–water partition coefficient (Wildman–Crippen LogP) is 1.88. The zero-order valence-electron chi connectivity index (χ0n) is 12.5. The van der Waals surface area contributed by atoms with Gasteiger partial charge in [-0.05, 0) is 37.5 Å². The minimum atomic E-state index is -0.0326. The topological polar surface area (TPSA) is 65.5 Å². The van der Waals surface area contributed by atoms with E-state index in [-0.39, 0.29) is 29.9 Å². The Hall–Kier alpha value is -1.31. The molecule has 0 aromatic heterocycles. The summed E-state index contributed by atoms with van der Waals surface area (Å²) in [4.78, 5) is 16.0. The molecular weight excluding hydrogens is 379 g/mol. The number of amides is 1. The minimum absolute atomic E-state index is 0. The van der Waals surface area contributed by atoms with Crippen LogP contribution < -0.4 is 16.0 Å². The average Bonchev–Trinajstić information content (AvgIpc) is 3.28. The van der Waals surface area contributed by atoms with E-state index in [1.165, 1.54) is 12.8 Å². The highest BCUT2D eigenvalue weighted by molar-refractivity contribution is 14.0. The molecule has 21 heavy (non-hydrogen) atoms. The third-order valence-corrected chi connectivity index (χ3v) is 3.13. The second-order valence-corrected chi connectivity index (χ2v) is 4.90. The first-order valence-corrected chi connectivity index (χ1v) is 7.07. The Bertz CT molecular complexity index is 500. The molecule has 0 unspecified atom stereocenters. The van der Waals surface area contributed by atoms with Gasteiger partial charge in [-0.1, -0.05) is 12.1 Å². The SMILES string of the molecule is CCNC(=O)c1cccc(CNC(=NC)NC2CC2)c1.I. The van der Waals surface area contributed by atoms with Gasteiger partial charge < -0.3 is 16.0 Å². The van der Waals surface area contributed by atoms with E-state index < -0.39 is 0 Å². The van der Waals surface area contributed by atoms with Crippen molar-refractivity contribution in [2.75, 3.05) is 13.6 Å². The largest absolute Gasteiger partial charge is 0.354 e. The minimum Gasteiger partial charge on any atom is -0.354 e. The van der Waals surface area contributed by atoms with Gasteiger partial charge in [0.1, 0.15) is 0 Å². The Balaban J connectivity index is 0.00000220. The molecule has 1 amide bonds. The van der Waals surface area contributed by atoms with E-state index >= 15 is 0 Å². The number of hydrogen-bond donors (Lipinski definition) is 3. The first-order valence-electron chi connectivity index (χ1n) is 7.07. The standard InChI is InChI=1S/C15H22N4O.HI/c1-3-17-14(20)12-6-4-5-11(9-12)10-18-15(16-2)19-13-7-8-13;/h4-6,9,13H,3,7-8,10H2,1-2H3,(H,17,20)(H2,16,18,19);1H.